The first kappa shape index (κ1) is 15.0. The van der Waals surface area contributed by atoms with E-state index in [1.807, 2.05) is 13.8 Å². The molecule has 7 heteroatoms. The van der Waals surface area contributed by atoms with Crippen LogP contribution >= 0.6 is 0 Å². The molecule has 1 aliphatic heterocycles. The fourth-order valence-electron chi connectivity index (χ4n) is 2.50. The highest BCUT2D eigenvalue weighted by atomic mass is 16.7. The van der Waals surface area contributed by atoms with Crippen LogP contribution in [0.1, 0.15) is 56.7 Å². The van der Waals surface area contributed by atoms with Crippen LogP contribution in [0.15, 0.2) is 30.3 Å². The molecule has 1 aliphatic rings. The van der Waals surface area contributed by atoms with Gasteiger partial charge in [0.2, 0.25) is 0 Å². The molecule has 0 N–H and O–H groups in total. The van der Waals surface area contributed by atoms with Crippen LogP contribution in [0, 0.1) is 0 Å². The Bertz CT molecular complexity index is 787. The quantitative estimate of drug-likeness (QED) is 0.809. The third-order valence-corrected chi connectivity index (χ3v) is 3.65. The molecule has 23 heavy (non-hydrogen) atoms. The van der Waals surface area contributed by atoms with Crippen LogP contribution in [0.5, 0.6) is 0 Å². The summed E-state index contributed by atoms with van der Waals surface area (Å²) >= 11 is 0. The SMILES string of the molecule is CC(C)c1cc(C(=O)ON2C(=O)c3ccccc3C2=O)nn1C. The summed E-state index contributed by atoms with van der Waals surface area (Å²) in [5, 5.41) is 4.55. The smallest absolute Gasteiger partial charge is 0.322 e. The van der Waals surface area contributed by atoms with E-state index in [0.29, 0.717) is 5.06 Å². The molecule has 0 unspecified atom stereocenters. The average molecular weight is 313 g/mol. The molecule has 0 aliphatic carbocycles. The van der Waals surface area contributed by atoms with Gasteiger partial charge in [-0.05, 0) is 24.1 Å². The summed E-state index contributed by atoms with van der Waals surface area (Å²) in [7, 11) is 1.72. The summed E-state index contributed by atoms with van der Waals surface area (Å²) in [6.07, 6.45) is 0. The standard InChI is InChI=1S/C16H15N3O4/c1-9(2)13-8-12(17-18(13)3)16(22)23-19-14(20)10-6-4-5-7-11(10)15(19)21/h4-9H,1-3H3. The first-order valence-corrected chi connectivity index (χ1v) is 7.14. The van der Waals surface area contributed by atoms with Crippen molar-refractivity contribution in [2.24, 2.45) is 7.05 Å². The number of carbonyl (C=O) groups is 3. The van der Waals surface area contributed by atoms with Crippen molar-refractivity contribution in [3.8, 4) is 0 Å². The van der Waals surface area contributed by atoms with Gasteiger partial charge in [0, 0.05) is 12.7 Å². The molecule has 1 aromatic carbocycles. The van der Waals surface area contributed by atoms with Gasteiger partial charge in [-0.1, -0.05) is 31.0 Å². The number of hydrogen-bond acceptors (Lipinski definition) is 5. The van der Waals surface area contributed by atoms with E-state index >= 15 is 0 Å². The predicted molar refractivity (Wildman–Crippen MR) is 79.7 cm³/mol. The maximum absolute atomic E-state index is 12.2. The highest BCUT2D eigenvalue weighted by Gasteiger charge is 2.39. The minimum Gasteiger partial charge on any atom is -0.322 e. The fraction of sp³-hybridized carbons (Fsp3) is 0.250. The molecule has 2 amide bonds. The Morgan fingerprint density at radius 3 is 2.17 bits per heavy atom. The molecule has 0 bridgehead atoms. The molecule has 0 saturated heterocycles. The predicted octanol–water partition coefficient (Wildman–Crippen LogP) is 1.91. The van der Waals surface area contributed by atoms with Gasteiger partial charge in [-0.25, -0.2) is 4.79 Å². The lowest BCUT2D eigenvalue weighted by Gasteiger charge is -2.11. The monoisotopic (exact) mass is 313 g/mol. The molecule has 0 radical (unpaired) electrons. The molecular formula is C16H15N3O4. The van der Waals surface area contributed by atoms with Crippen molar-refractivity contribution in [3.05, 3.63) is 52.8 Å². The Morgan fingerprint density at radius 1 is 1.13 bits per heavy atom. The first-order valence-electron chi connectivity index (χ1n) is 7.14. The number of aromatic nitrogens is 2. The second-order valence-electron chi connectivity index (χ2n) is 5.56. The average Bonchev–Trinajstić information content (AvgIpc) is 3.02. The molecule has 0 spiro atoms. The van der Waals surface area contributed by atoms with Crippen molar-refractivity contribution in [2.75, 3.05) is 0 Å². The van der Waals surface area contributed by atoms with E-state index in [0.717, 1.165) is 5.69 Å². The van der Waals surface area contributed by atoms with Crippen molar-refractivity contribution in [3.63, 3.8) is 0 Å². The Hall–Kier alpha value is -2.96. The second-order valence-corrected chi connectivity index (χ2v) is 5.56. The lowest BCUT2D eigenvalue weighted by molar-refractivity contribution is -0.0588. The minimum atomic E-state index is -0.845. The van der Waals surface area contributed by atoms with E-state index in [1.165, 1.54) is 12.1 Å². The van der Waals surface area contributed by atoms with Crippen LogP contribution in [0.4, 0.5) is 0 Å². The lowest BCUT2D eigenvalue weighted by Crippen LogP contribution is -2.32. The summed E-state index contributed by atoms with van der Waals surface area (Å²) < 4.78 is 1.57. The third-order valence-electron chi connectivity index (χ3n) is 3.65. The van der Waals surface area contributed by atoms with Crippen LogP contribution < -0.4 is 0 Å². The molecule has 3 rings (SSSR count). The molecule has 0 fully saturated rings. The number of hydrogen-bond donors (Lipinski definition) is 0. The van der Waals surface area contributed by atoms with E-state index in [1.54, 1.807) is 29.9 Å². The van der Waals surface area contributed by atoms with Gasteiger partial charge in [-0.15, -0.1) is 0 Å². The maximum Gasteiger partial charge on any atom is 0.384 e. The number of rotatable bonds is 3. The van der Waals surface area contributed by atoms with Crippen molar-refractivity contribution in [2.45, 2.75) is 19.8 Å². The first-order chi connectivity index (χ1) is 10.9. The Labute approximate surface area is 132 Å². The number of amides is 2. The van der Waals surface area contributed by atoms with Crippen LogP contribution in [0.25, 0.3) is 0 Å². The van der Waals surface area contributed by atoms with Gasteiger partial charge < -0.3 is 4.84 Å². The lowest BCUT2D eigenvalue weighted by atomic mass is 10.1. The van der Waals surface area contributed by atoms with Crippen molar-refractivity contribution in [1.29, 1.82) is 0 Å². The highest BCUT2D eigenvalue weighted by molar-refractivity contribution is 6.21. The number of benzene rings is 1. The van der Waals surface area contributed by atoms with E-state index in [9.17, 15) is 14.4 Å². The van der Waals surface area contributed by atoms with Gasteiger partial charge >= 0.3 is 5.97 Å². The molecule has 1 aromatic heterocycles. The van der Waals surface area contributed by atoms with Gasteiger partial charge in [-0.3, -0.25) is 14.3 Å². The summed E-state index contributed by atoms with van der Waals surface area (Å²) in [5.41, 5.74) is 1.33. The van der Waals surface area contributed by atoms with Crippen molar-refractivity contribution < 1.29 is 19.2 Å². The zero-order chi connectivity index (χ0) is 16.7. The third kappa shape index (κ3) is 2.40. The Morgan fingerprint density at radius 2 is 1.70 bits per heavy atom. The minimum absolute atomic E-state index is 0.0488. The topological polar surface area (TPSA) is 81.5 Å². The molecule has 7 nitrogen and oxygen atoms in total. The van der Waals surface area contributed by atoms with Crippen LogP contribution in [-0.4, -0.2) is 32.6 Å². The van der Waals surface area contributed by atoms with E-state index in [4.69, 9.17) is 4.84 Å². The number of aryl methyl sites for hydroxylation is 1. The van der Waals surface area contributed by atoms with Gasteiger partial charge in [-0.2, -0.15) is 5.10 Å². The normalized spacial score (nSPS) is 13.7. The Kier molecular flexibility index (Phi) is 3.48. The second kappa shape index (κ2) is 5.35. The summed E-state index contributed by atoms with van der Waals surface area (Å²) in [6.45, 7) is 3.94. The van der Waals surface area contributed by atoms with E-state index < -0.39 is 17.8 Å². The van der Waals surface area contributed by atoms with Gasteiger partial charge in [0.05, 0.1) is 11.1 Å². The summed E-state index contributed by atoms with van der Waals surface area (Å²) in [5.74, 6) is -1.98. The van der Waals surface area contributed by atoms with Crippen molar-refractivity contribution >= 4 is 17.8 Å². The van der Waals surface area contributed by atoms with Gasteiger partial charge in [0.15, 0.2) is 5.69 Å². The highest BCUT2D eigenvalue weighted by Crippen LogP contribution is 2.23. The van der Waals surface area contributed by atoms with Gasteiger partial charge in [0.25, 0.3) is 11.8 Å². The molecule has 0 atom stereocenters. The summed E-state index contributed by atoms with van der Waals surface area (Å²) in [4.78, 5) is 41.5. The number of carbonyl (C=O) groups excluding carboxylic acids is 3. The van der Waals surface area contributed by atoms with Crippen LogP contribution in [0.3, 0.4) is 0 Å². The molecule has 0 saturated carbocycles. The Balaban J connectivity index is 1.83. The zero-order valence-corrected chi connectivity index (χ0v) is 12.9. The summed E-state index contributed by atoms with van der Waals surface area (Å²) in [6, 6.07) is 7.90. The fourth-order valence-corrected chi connectivity index (χ4v) is 2.50. The number of hydroxylamine groups is 2. The van der Waals surface area contributed by atoms with Gasteiger partial charge in [0.1, 0.15) is 0 Å². The van der Waals surface area contributed by atoms with E-state index in [-0.39, 0.29) is 22.7 Å². The largest absolute Gasteiger partial charge is 0.384 e. The number of imide groups is 1. The van der Waals surface area contributed by atoms with Crippen molar-refractivity contribution in [1.82, 2.24) is 14.8 Å². The molecule has 2 heterocycles. The number of fused-ring (bicyclic) bond motifs is 1. The number of nitrogens with zero attached hydrogens (tertiary/aromatic N) is 3. The van der Waals surface area contributed by atoms with E-state index in [2.05, 4.69) is 5.10 Å². The maximum atomic E-state index is 12.2. The van der Waals surface area contributed by atoms with Crippen LogP contribution in [-0.2, 0) is 11.9 Å². The zero-order valence-electron chi connectivity index (χ0n) is 12.9. The molecule has 2 aromatic rings. The molecular weight excluding hydrogens is 298 g/mol. The van der Waals surface area contributed by atoms with Crippen LogP contribution in [0.2, 0.25) is 0 Å². The molecule has 118 valence electrons.